The van der Waals surface area contributed by atoms with E-state index in [2.05, 4.69) is 15.9 Å². The Morgan fingerprint density at radius 2 is 1.47 bits per heavy atom. The van der Waals surface area contributed by atoms with Crippen LogP contribution in [0.1, 0.15) is 18.1 Å². The lowest BCUT2D eigenvalue weighted by molar-refractivity contribution is -0.160. The van der Waals surface area contributed by atoms with E-state index in [-0.39, 0.29) is 6.54 Å². The van der Waals surface area contributed by atoms with Crippen LogP contribution in [-0.2, 0) is 19.9 Å². The smallest absolute Gasteiger partial charge is 0.325 e. The molecule has 3 amide bonds. The molecule has 3 aliphatic rings. The zero-order chi connectivity index (χ0) is 21.6. The summed E-state index contributed by atoms with van der Waals surface area (Å²) in [5, 5.41) is 0. The summed E-state index contributed by atoms with van der Waals surface area (Å²) in [6.07, 6.45) is 0. The second-order valence-corrected chi connectivity index (χ2v) is 8.84. The number of nitrogens with zero attached hydrogens (tertiary/aromatic N) is 2. The van der Waals surface area contributed by atoms with Crippen LogP contribution in [0.25, 0.3) is 11.1 Å². The van der Waals surface area contributed by atoms with Crippen molar-refractivity contribution in [2.75, 3.05) is 13.6 Å². The van der Waals surface area contributed by atoms with E-state index in [1.54, 1.807) is 24.3 Å². The SMILES string of the molecule is CCN1C(=O)[C@@H]2C3(c4ccccc4-c4ccccc43)N(C)C(=O)[C@]2(C(F)(F)Br)C1=O. The van der Waals surface area contributed by atoms with Gasteiger partial charge in [0.2, 0.25) is 17.2 Å². The molecule has 0 radical (unpaired) electrons. The molecule has 8 heteroatoms. The quantitative estimate of drug-likeness (QED) is 0.381. The lowest BCUT2D eigenvalue weighted by Gasteiger charge is -2.38. The lowest BCUT2D eigenvalue weighted by atomic mass is 9.67. The Kier molecular flexibility index (Phi) is 3.71. The van der Waals surface area contributed by atoms with Crippen molar-refractivity contribution >= 4 is 33.7 Å². The van der Waals surface area contributed by atoms with Crippen molar-refractivity contribution in [2.24, 2.45) is 11.3 Å². The Morgan fingerprint density at radius 3 is 1.93 bits per heavy atom. The predicted octanol–water partition coefficient (Wildman–Crippen LogP) is 3.36. The fourth-order valence-corrected chi connectivity index (χ4v) is 6.29. The van der Waals surface area contributed by atoms with Crippen LogP contribution in [-0.4, -0.2) is 45.9 Å². The van der Waals surface area contributed by atoms with E-state index in [9.17, 15) is 14.4 Å². The molecule has 0 unspecified atom stereocenters. The van der Waals surface area contributed by atoms with Crippen LogP contribution in [0.4, 0.5) is 8.78 Å². The summed E-state index contributed by atoms with van der Waals surface area (Å²) in [5.74, 6) is -4.58. The highest BCUT2D eigenvalue weighted by Crippen LogP contribution is 2.69. The number of carbonyl (C=O) groups is 3. The number of fused-ring (bicyclic) bond motifs is 7. The minimum absolute atomic E-state index is 0.0879. The number of hydrogen-bond acceptors (Lipinski definition) is 3. The summed E-state index contributed by atoms with van der Waals surface area (Å²) in [7, 11) is 1.40. The van der Waals surface area contributed by atoms with Gasteiger partial charge in [-0.15, -0.1) is 0 Å². The topological polar surface area (TPSA) is 57.7 Å². The van der Waals surface area contributed by atoms with Gasteiger partial charge in [0.15, 0.2) is 0 Å². The summed E-state index contributed by atoms with van der Waals surface area (Å²) in [6.45, 7) is 1.45. The van der Waals surface area contributed by atoms with E-state index in [1.807, 2.05) is 24.3 Å². The van der Waals surface area contributed by atoms with Gasteiger partial charge in [-0.1, -0.05) is 48.5 Å². The second kappa shape index (κ2) is 5.75. The van der Waals surface area contributed by atoms with Gasteiger partial charge in [0.1, 0.15) is 11.5 Å². The molecule has 5 rings (SSSR count). The molecule has 154 valence electrons. The first-order chi connectivity index (χ1) is 14.2. The highest BCUT2D eigenvalue weighted by Gasteiger charge is 2.85. The lowest BCUT2D eigenvalue weighted by Crippen LogP contribution is -2.52. The Morgan fingerprint density at radius 1 is 0.967 bits per heavy atom. The van der Waals surface area contributed by atoms with Gasteiger partial charge in [-0.2, -0.15) is 8.78 Å². The standard InChI is InChI=1S/C22H17BrF2N2O3/c1-3-27-17(28)16-20(19(27)30,22(23,24)25)18(29)26(2)21(16)14-10-6-4-8-12(14)13-9-5-7-11-15(13)21/h4-11,16H,3H2,1-2H3/t16-,20-/m0/s1. The van der Waals surface area contributed by atoms with Crippen LogP contribution >= 0.6 is 15.9 Å². The molecule has 0 bridgehead atoms. The summed E-state index contributed by atoms with van der Waals surface area (Å²) in [5.41, 5.74) is -1.68. The molecule has 5 nitrogen and oxygen atoms in total. The van der Waals surface area contributed by atoms with Gasteiger partial charge in [-0.25, -0.2) is 0 Å². The van der Waals surface area contributed by atoms with E-state index in [0.29, 0.717) is 11.1 Å². The number of carbonyl (C=O) groups excluding carboxylic acids is 3. The van der Waals surface area contributed by atoms with Gasteiger partial charge in [0, 0.05) is 13.6 Å². The molecule has 1 spiro atoms. The van der Waals surface area contributed by atoms with Crippen molar-refractivity contribution in [3.8, 4) is 11.1 Å². The monoisotopic (exact) mass is 474 g/mol. The molecule has 2 saturated heterocycles. The normalized spacial score (nSPS) is 26.4. The molecule has 2 fully saturated rings. The van der Waals surface area contributed by atoms with Crippen molar-refractivity contribution in [2.45, 2.75) is 17.3 Å². The number of rotatable bonds is 2. The summed E-state index contributed by atoms with van der Waals surface area (Å²) in [4.78, 5) is 38.4. The van der Waals surface area contributed by atoms with Crippen LogP contribution in [0.15, 0.2) is 48.5 Å². The number of alkyl halides is 3. The van der Waals surface area contributed by atoms with E-state index in [4.69, 9.17) is 0 Å². The third-order valence-electron chi connectivity index (χ3n) is 6.85. The van der Waals surface area contributed by atoms with Crippen LogP contribution in [0.3, 0.4) is 0 Å². The molecule has 2 aromatic rings. The molecule has 0 aromatic heterocycles. The maximum atomic E-state index is 15.2. The van der Waals surface area contributed by atoms with Crippen LogP contribution in [0, 0.1) is 11.3 Å². The molecule has 2 heterocycles. The third-order valence-corrected chi connectivity index (χ3v) is 7.47. The Bertz CT molecular complexity index is 1100. The average molecular weight is 475 g/mol. The maximum absolute atomic E-state index is 15.2. The predicted molar refractivity (Wildman–Crippen MR) is 108 cm³/mol. The first-order valence-electron chi connectivity index (χ1n) is 9.57. The van der Waals surface area contributed by atoms with Gasteiger partial charge in [-0.3, -0.25) is 19.3 Å². The number of amides is 3. The molecule has 0 saturated carbocycles. The molecule has 2 atom stereocenters. The zero-order valence-corrected chi connectivity index (χ0v) is 17.7. The van der Waals surface area contributed by atoms with Crippen LogP contribution < -0.4 is 0 Å². The fourth-order valence-electron chi connectivity index (χ4n) is 5.73. The molecule has 2 aliphatic heterocycles. The first-order valence-corrected chi connectivity index (χ1v) is 10.4. The number of hydrogen-bond donors (Lipinski definition) is 0. The molecule has 1 aliphatic carbocycles. The molecule has 2 aromatic carbocycles. The molecule has 0 N–H and O–H groups in total. The van der Waals surface area contributed by atoms with Crippen LogP contribution in [0.5, 0.6) is 0 Å². The van der Waals surface area contributed by atoms with E-state index < -0.39 is 39.4 Å². The Hall–Kier alpha value is -2.61. The minimum atomic E-state index is -3.91. The minimum Gasteiger partial charge on any atom is -0.330 e. The van der Waals surface area contributed by atoms with Crippen molar-refractivity contribution in [1.82, 2.24) is 9.80 Å². The average Bonchev–Trinajstić information content (AvgIpc) is 3.22. The van der Waals surface area contributed by atoms with Gasteiger partial charge in [0.25, 0.3) is 5.91 Å². The van der Waals surface area contributed by atoms with Gasteiger partial charge in [-0.05, 0) is 45.1 Å². The fraction of sp³-hybridized carbons (Fsp3) is 0.318. The number of likely N-dealkylation sites (tertiary alicyclic amines) is 2. The summed E-state index contributed by atoms with van der Waals surface area (Å²) >= 11 is 2.33. The Balaban J connectivity index is 1.95. The zero-order valence-electron chi connectivity index (χ0n) is 16.2. The van der Waals surface area contributed by atoms with E-state index in [0.717, 1.165) is 16.0 Å². The molecule has 30 heavy (non-hydrogen) atoms. The highest BCUT2D eigenvalue weighted by atomic mass is 79.9. The summed E-state index contributed by atoms with van der Waals surface area (Å²) < 4.78 is 30.4. The van der Waals surface area contributed by atoms with Crippen molar-refractivity contribution in [1.29, 1.82) is 0 Å². The number of imide groups is 1. The maximum Gasteiger partial charge on any atom is 0.325 e. The third kappa shape index (κ3) is 1.77. The molecular formula is C22H17BrF2N2O3. The van der Waals surface area contributed by atoms with E-state index in [1.165, 1.54) is 18.9 Å². The van der Waals surface area contributed by atoms with Gasteiger partial charge in [0.05, 0.1) is 0 Å². The highest BCUT2D eigenvalue weighted by molar-refractivity contribution is 9.10. The second-order valence-electron chi connectivity index (χ2n) is 7.85. The largest absolute Gasteiger partial charge is 0.330 e. The van der Waals surface area contributed by atoms with Gasteiger partial charge >= 0.3 is 4.83 Å². The van der Waals surface area contributed by atoms with E-state index >= 15 is 8.78 Å². The Labute approximate surface area is 179 Å². The first kappa shape index (κ1) is 19.4. The van der Waals surface area contributed by atoms with Crippen molar-refractivity contribution in [3.05, 3.63) is 59.7 Å². The number of halogens is 3. The van der Waals surface area contributed by atoms with Crippen molar-refractivity contribution < 1.29 is 23.2 Å². The van der Waals surface area contributed by atoms with Crippen LogP contribution in [0.2, 0.25) is 0 Å². The van der Waals surface area contributed by atoms with Gasteiger partial charge < -0.3 is 4.90 Å². The molecular weight excluding hydrogens is 458 g/mol. The van der Waals surface area contributed by atoms with Crippen molar-refractivity contribution in [3.63, 3.8) is 0 Å². The summed E-state index contributed by atoms with van der Waals surface area (Å²) in [6, 6.07) is 14.3. The number of benzene rings is 2.